The molecule has 2 saturated heterocycles. The Morgan fingerprint density at radius 1 is 0.816 bits per heavy atom. The average molecular weight is 530 g/mol. The van der Waals surface area contributed by atoms with Gasteiger partial charge in [0, 0.05) is 62.2 Å². The van der Waals surface area contributed by atoms with Crippen LogP contribution < -0.4 is 9.79 Å². The fourth-order valence-electron chi connectivity index (χ4n) is 5.72. The van der Waals surface area contributed by atoms with Crippen molar-refractivity contribution in [3.8, 4) is 5.75 Å². The van der Waals surface area contributed by atoms with Gasteiger partial charge in [-0.25, -0.2) is 4.79 Å². The normalized spacial score (nSPS) is 18.5. The lowest BCUT2D eigenvalue weighted by Crippen LogP contribution is -2.54. The van der Waals surface area contributed by atoms with Gasteiger partial charge in [-0.2, -0.15) is 0 Å². The molecule has 0 aliphatic carbocycles. The number of piperazine rings is 1. The number of likely N-dealkylation sites (tertiary alicyclic amines) is 1. The van der Waals surface area contributed by atoms with E-state index in [2.05, 4.69) is 62.3 Å². The molecule has 0 atom stereocenters. The van der Waals surface area contributed by atoms with Crippen molar-refractivity contribution in [2.24, 2.45) is 0 Å². The average Bonchev–Trinajstić information content (AvgIpc) is 2.80. The smallest absolute Gasteiger partial charge is 0.410 e. The molecule has 1 amide bonds. The number of nitrogens with zero attached hydrogens (tertiary/aromatic N) is 3. The van der Waals surface area contributed by atoms with E-state index in [0.717, 1.165) is 55.8 Å². The maximum Gasteiger partial charge on any atom is 0.410 e. The molecule has 2 radical (unpaired) electrons. The zero-order valence-electron chi connectivity index (χ0n) is 25.1. The van der Waals surface area contributed by atoms with Gasteiger partial charge in [0.25, 0.3) is 0 Å². The van der Waals surface area contributed by atoms with Crippen LogP contribution in [0.1, 0.15) is 104 Å². The van der Waals surface area contributed by atoms with Crippen molar-refractivity contribution >= 4 is 17.6 Å². The van der Waals surface area contributed by atoms with Crippen LogP contribution in [0.3, 0.4) is 0 Å². The number of ketones is 1. The van der Waals surface area contributed by atoms with E-state index in [4.69, 9.17) is 4.74 Å². The van der Waals surface area contributed by atoms with Crippen LogP contribution in [0.25, 0.3) is 0 Å². The van der Waals surface area contributed by atoms with E-state index in [1.807, 2.05) is 25.7 Å². The van der Waals surface area contributed by atoms with Crippen molar-refractivity contribution in [3.05, 3.63) is 22.8 Å². The molecular weight excluding hydrogens is 482 g/mol. The molecule has 2 aliphatic heterocycles. The summed E-state index contributed by atoms with van der Waals surface area (Å²) in [6, 6.07) is 3.48. The highest BCUT2D eigenvalue weighted by molar-refractivity contribution is 6.01. The van der Waals surface area contributed by atoms with Crippen molar-refractivity contribution in [2.45, 2.75) is 105 Å². The van der Waals surface area contributed by atoms with E-state index < -0.39 is 5.60 Å². The van der Waals surface area contributed by atoms with Gasteiger partial charge < -0.3 is 19.4 Å². The predicted octanol–water partition coefficient (Wildman–Crippen LogP) is 5.53. The van der Waals surface area contributed by atoms with E-state index in [1.165, 1.54) is 6.92 Å². The van der Waals surface area contributed by atoms with Crippen LogP contribution in [0.2, 0.25) is 0 Å². The topological polar surface area (TPSA) is 82.2 Å². The minimum absolute atomic E-state index is 0.117. The van der Waals surface area contributed by atoms with E-state index >= 15 is 0 Å². The number of ether oxygens (including phenoxy) is 1. The Kier molecular flexibility index (Phi) is 8.79. The van der Waals surface area contributed by atoms with Crippen LogP contribution in [-0.2, 0) is 20.8 Å². The van der Waals surface area contributed by atoms with Crippen molar-refractivity contribution in [1.29, 1.82) is 0 Å². The molecule has 0 spiro atoms. The summed E-state index contributed by atoms with van der Waals surface area (Å²) in [7, 11) is 0. The first-order chi connectivity index (χ1) is 17.4. The van der Waals surface area contributed by atoms with Crippen molar-refractivity contribution in [2.75, 3.05) is 44.2 Å². The first-order valence-electron chi connectivity index (χ1n) is 13.9. The van der Waals surface area contributed by atoms with Crippen LogP contribution in [0.15, 0.2) is 0 Å². The third-order valence-corrected chi connectivity index (χ3v) is 7.39. The first-order valence-corrected chi connectivity index (χ1v) is 13.9. The largest absolute Gasteiger partial charge is 0.444 e. The van der Waals surface area contributed by atoms with E-state index in [-0.39, 0.29) is 28.5 Å². The number of Topliss-reactive ketones (excluding diaryl/α,β-unsaturated/α-hetero) is 1. The summed E-state index contributed by atoms with van der Waals surface area (Å²) in [6.07, 6.45) is 1.61. The second-order valence-corrected chi connectivity index (χ2v) is 13.8. The number of piperidine rings is 1. The van der Waals surface area contributed by atoms with Crippen LogP contribution in [0.4, 0.5) is 10.5 Å². The van der Waals surface area contributed by atoms with Gasteiger partial charge in [0.05, 0.1) is 11.3 Å². The first kappa shape index (κ1) is 30.2. The number of carbonyl (C=O) groups excluding carboxylic acids is 2. The van der Waals surface area contributed by atoms with Crippen LogP contribution in [-0.4, -0.2) is 72.6 Å². The van der Waals surface area contributed by atoms with Gasteiger partial charge in [0.2, 0.25) is 0 Å². The SMILES string of the molecule is CC(=O)c1[c]c(O[O])c(C(C)(C)C)c(C(C)(C)C)c1N1CCN(C2CCN(C(=O)OC(C)(C)C)CC2)CC1. The van der Waals surface area contributed by atoms with E-state index in [0.29, 0.717) is 24.7 Å². The Morgan fingerprint density at radius 2 is 1.34 bits per heavy atom. The fourth-order valence-corrected chi connectivity index (χ4v) is 5.72. The Bertz CT molecular complexity index is 1020. The number of amides is 1. The van der Waals surface area contributed by atoms with Gasteiger partial charge in [-0.1, -0.05) is 41.5 Å². The van der Waals surface area contributed by atoms with Gasteiger partial charge in [0.15, 0.2) is 11.5 Å². The summed E-state index contributed by atoms with van der Waals surface area (Å²) in [6.45, 7) is 24.4. The van der Waals surface area contributed by atoms with Gasteiger partial charge in [-0.3, -0.25) is 9.69 Å². The fraction of sp³-hybridized carbons (Fsp3) is 0.733. The lowest BCUT2D eigenvalue weighted by atomic mass is 9.72. The molecule has 0 N–H and O–H groups in total. The van der Waals surface area contributed by atoms with Crippen LogP contribution in [0.5, 0.6) is 5.75 Å². The molecule has 3 rings (SSSR count). The monoisotopic (exact) mass is 529 g/mol. The van der Waals surface area contributed by atoms with Gasteiger partial charge in [-0.15, -0.1) is 0 Å². The summed E-state index contributed by atoms with van der Waals surface area (Å²) in [4.78, 5) is 36.5. The van der Waals surface area contributed by atoms with Gasteiger partial charge in [-0.05, 0) is 56.9 Å². The number of anilines is 1. The standard InChI is InChI=1S/C30H47N3O5/c1-20(34)22-19-23(38-36)24(28(2,3)4)25(29(5,6)7)26(22)32-17-15-31(16-18-32)21-11-13-33(14-12-21)27(35)37-30(8,9)10/h21H,11-18H2,1-10H3. The second kappa shape index (κ2) is 11.0. The summed E-state index contributed by atoms with van der Waals surface area (Å²) < 4.78 is 5.55. The second-order valence-electron chi connectivity index (χ2n) is 13.8. The molecule has 0 unspecified atom stereocenters. The summed E-state index contributed by atoms with van der Waals surface area (Å²) in [5.41, 5.74) is 1.93. The number of benzene rings is 1. The highest BCUT2D eigenvalue weighted by atomic mass is 17.1. The third-order valence-electron chi connectivity index (χ3n) is 7.39. The minimum atomic E-state index is -0.489. The highest BCUT2D eigenvalue weighted by Crippen LogP contribution is 2.47. The lowest BCUT2D eigenvalue weighted by Gasteiger charge is -2.45. The van der Waals surface area contributed by atoms with E-state index in [1.54, 1.807) is 0 Å². The summed E-state index contributed by atoms with van der Waals surface area (Å²) >= 11 is 0. The van der Waals surface area contributed by atoms with Crippen molar-refractivity contribution < 1.29 is 24.5 Å². The highest BCUT2D eigenvalue weighted by Gasteiger charge is 2.38. The number of rotatable bonds is 4. The molecule has 8 heteroatoms. The molecule has 1 aromatic rings. The molecule has 38 heavy (non-hydrogen) atoms. The molecule has 2 fully saturated rings. The molecule has 0 saturated carbocycles. The van der Waals surface area contributed by atoms with Gasteiger partial charge in [0.1, 0.15) is 5.60 Å². The molecule has 0 bridgehead atoms. The number of carbonyl (C=O) groups is 2. The summed E-state index contributed by atoms with van der Waals surface area (Å²) in [5.74, 6) is -0.00652. The molecule has 2 heterocycles. The Labute approximate surface area is 229 Å². The molecule has 0 aromatic heterocycles. The minimum Gasteiger partial charge on any atom is -0.444 e. The molecule has 8 nitrogen and oxygen atoms in total. The Morgan fingerprint density at radius 3 is 1.76 bits per heavy atom. The zero-order chi connectivity index (χ0) is 28.6. The summed E-state index contributed by atoms with van der Waals surface area (Å²) in [5, 5.41) is 11.8. The lowest BCUT2D eigenvalue weighted by molar-refractivity contribution is -0.209. The molecule has 2 aliphatic rings. The van der Waals surface area contributed by atoms with Crippen LogP contribution in [0, 0.1) is 6.07 Å². The Hall–Kier alpha value is -2.32. The molecular formula is C30H47N3O5. The zero-order valence-corrected chi connectivity index (χ0v) is 25.1. The van der Waals surface area contributed by atoms with Crippen molar-refractivity contribution in [3.63, 3.8) is 0 Å². The van der Waals surface area contributed by atoms with Gasteiger partial charge >= 0.3 is 6.09 Å². The van der Waals surface area contributed by atoms with Crippen molar-refractivity contribution in [1.82, 2.24) is 9.80 Å². The third kappa shape index (κ3) is 6.81. The molecule has 1 aromatic carbocycles. The van der Waals surface area contributed by atoms with E-state index in [9.17, 15) is 14.8 Å². The number of hydrogen-bond donors (Lipinski definition) is 0. The molecule has 212 valence electrons. The maximum absolute atomic E-state index is 12.8. The quantitative estimate of drug-likeness (QED) is 0.290. The van der Waals surface area contributed by atoms with Crippen LogP contribution >= 0.6 is 0 Å². The Balaban J connectivity index is 1.83. The predicted molar refractivity (Wildman–Crippen MR) is 149 cm³/mol. The number of hydrogen-bond acceptors (Lipinski definition) is 6. The maximum atomic E-state index is 12.8.